The molecule has 1 aromatic carbocycles. The van der Waals surface area contributed by atoms with E-state index >= 15 is 0 Å². The van der Waals surface area contributed by atoms with Crippen LogP contribution in [-0.4, -0.2) is 63.7 Å². The summed E-state index contributed by atoms with van der Waals surface area (Å²) < 4.78 is 7.20. The third kappa shape index (κ3) is 5.07. The molecule has 1 amide bonds. The maximum Gasteiger partial charge on any atom is 0.274 e. The van der Waals surface area contributed by atoms with Crippen LogP contribution in [0.15, 0.2) is 48.9 Å². The summed E-state index contributed by atoms with van der Waals surface area (Å²) in [7, 11) is 1.65. The zero-order valence-corrected chi connectivity index (χ0v) is 17.6. The maximum atomic E-state index is 13.4. The number of hydrogen-bond acceptors (Lipinski definition) is 7. The van der Waals surface area contributed by atoms with E-state index in [1.165, 1.54) is 0 Å². The number of methoxy groups -OCH3 is 1. The predicted octanol–water partition coefficient (Wildman–Crippen LogP) is 1.53. The van der Waals surface area contributed by atoms with Crippen molar-refractivity contribution in [3.63, 3.8) is 0 Å². The van der Waals surface area contributed by atoms with Crippen LogP contribution in [0.4, 0.5) is 5.82 Å². The lowest BCUT2D eigenvalue weighted by Gasteiger charge is -2.21. The molecule has 2 aromatic heterocycles. The van der Waals surface area contributed by atoms with E-state index in [0.29, 0.717) is 57.4 Å². The molecule has 3 heterocycles. The van der Waals surface area contributed by atoms with Gasteiger partial charge in [-0.15, -0.1) is 0 Å². The van der Waals surface area contributed by atoms with Gasteiger partial charge in [0.1, 0.15) is 5.82 Å². The Labute approximate surface area is 181 Å². The van der Waals surface area contributed by atoms with E-state index in [2.05, 4.69) is 32.7 Å². The number of nitrogens with zero attached hydrogens (tertiary/aromatic N) is 5. The number of hydrogen-bond donors (Lipinski definition) is 2. The smallest absolute Gasteiger partial charge is 0.274 e. The van der Waals surface area contributed by atoms with Gasteiger partial charge >= 0.3 is 0 Å². The van der Waals surface area contributed by atoms with E-state index in [1.54, 1.807) is 25.7 Å². The summed E-state index contributed by atoms with van der Waals surface area (Å²) in [5.74, 6) is 1.41. The third-order valence-electron chi connectivity index (χ3n) is 5.17. The lowest BCUT2D eigenvalue weighted by atomic mass is 10.2. The van der Waals surface area contributed by atoms with Crippen molar-refractivity contribution < 1.29 is 9.53 Å². The van der Waals surface area contributed by atoms with Gasteiger partial charge in [-0.05, 0) is 5.56 Å². The number of anilines is 1. The minimum atomic E-state index is -0.0272. The number of fused-ring (bicyclic) bond motifs is 1. The highest BCUT2D eigenvalue weighted by Crippen LogP contribution is 2.23. The fraction of sp³-hybridized carbons (Fsp3) is 0.364. The van der Waals surface area contributed by atoms with E-state index in [4.69, 9.17) is 9.72 Å². The molecular weight excluding hydrogens is 394 g/mol. The molecule has 9 nitrogen and oxygen atoms in total. The van der Waals surface area contributed by atoms with Gasteiger partial charge in [0.15, 0.2) is 11.5 Å². The Morgan fingerprint density at radius 1 is 1.19 bits per heavy atom. The summed E-state index contributed by atoms with van der Waals surface area (Å²) in [5, 5.41) is 6.70. The minimum absolute atomic E-state index is 0.0272. The molecule has 0 saturated heterocycles. The van der Waals surface area contributed by atoms with Crippen LogP contribution >= 0.6 is 0 Å². The number of carbonyl (C=O) groups is 1. The highest BCUT2D eigenvalue weighted by molar-refractivity contribution is 5.98. The summed E-state index contributed by atoms with van der Waals surface area (Å²) in [6.45, 7) is 3.95. The van der Waals surface area contributed by atoms with Gasteiger partial charge in [-0.1, -0.05) is 30.3 Å². The normalized spacial score (nSPS) is 13.6. The fourth-order valence-corrected chi connectivity index (χ4v) is 3.61. The summed E-state index contributed by atoms with van der Waals surface area (Å²) >= 11 is 0. The molecule has 0 unspecified atom stereocenters. The van der Waals surface area contributed by atoms with Crippen LogP contribution in [0.5, 0.6) is 0 Å². The molecule has 9 heteroatoms. The quantitative estimate of drug-likeness (QED) is 0.541. The number of nitrogens with one attached hydrogen (secondary N) is 2. The minimum Gasteiger partial charge on any atom is -0.383 e. The van der Waals surface area contributed by atoms with Crippen molar-refractivity contribution in [2.24, 2.45) is 0 Å². The van der Waals surface area contributed by atoms with Gasteiger partial charge in [0.05, 0.1) is 18.8 Å². The average Bonchev–Trinajstić information content (AvgIpc) is 3.05. The second kappa shape index (κ2) is 10.1. The number of aromatic nitrogens is 4. The first-order valence-corrected chi connectivity index (χ1v) is 10.4. The lowest BCUT2D eigenvalue weighted by Crippen LogP contribution is -2.36. The maximum absolute atomic E-state index is 13.4. The van der Waals surface area contributed by atoms with Crippen molar-refractivity contribution in [1.82, 2.24) is 29.7 Å². The highest BCUT2D eigenvalue weighted by atomic mass is 16.5. The van der Waals surface area contributed by atoms with E-state index in [1.807, 2.05) is 27.7 Å². The number of rotatable bonds is 9. The molecule has 1 aliphatic rings. The van der Waals surface area contributed by atoms with Crippen LogP contribution in [0.3, 0.4) is 0 Å². The third-order valence-corrected chi connectivity index (χ3v) is 5.17. The number of benzene rings is 1. The van der Waals surface area contributed by atoms with Crippen molar-refractivity contribution in [3.8, 4) is 0 Å². The number of carbonyl (C=O) groups excluding carboxylic acids is 1. The van der Waals surface area contributed by atoms with Crippen LogP contribution in [0, 0.1) is 0 Å². The second-order valence-electron chi connectivity index (χ2n) is 7.31. The van der Waals surface area contributed by atoms with Crippen LogP contribution in [0.2, 0.25) is 0 Å². The molecule has 1 aliphatic heterocycles. The predicted molar refractivity (Wildman–Crippen MR) is 117 cm³/mol. The topological polar surface area (TPSA) is 97.2 Å². The molecule has 162 valence electrons. The zero-order valence-electron chi connectivity index (χ0n) is 17.6. The monoisotopic (exact) mass is 421 g/mol. The largest absolute Gasteiger partial charge is 0.383 e. The lowest BCUT2D eigenvalue weighted by molar-refractivity contribution is 0.0699. The molecule has 0 aliphatic carbocycles. The molecule has 0 spiro atoms. The van der Waals surface area contributed by atoms with E-state index in [9.17, 15) is 4.79 Å². The van der Waals surface area contributed by atoms with Gasteiger partial charge in [-0.3, -0.25) is 14.8 Å². The van der Waals surface area contributed by atoms with Gasteiger partial charge < -0.3 is 24.8 Å². The molecule has 0 bridgehead atoms. The van der Waals surface area contributed by atoms with E-state index in [-0.39, 0.29) is 5.91 Å². The van der Waals surface area contributed by atoms with E-state index < -0.39 is 0 Å². The van der Waals surface area contributed by atoms with Crippen molar-refractivity contribution in [2.45, 2.75) is 19.6 Å². The number of amides is 1. The average molecular weight is 422 g/mol. The Morgan fingerprint density at radius 2 is 2.06 bits per heavy atom. The number of ether oxygens (including phenoxy) is 1. The van der Waals surface area contributed by atoms with Crippen LogP contribution in [0.25, 0.3) is 0 Å². The first-order valence-electron chi connectivity index (χ1n) is 10.4. The van der Waals surface area contributed by atoms with Crippen molar-refractivity contribution in [3.05, 3.63) is 71.7 Å². The summed E-state index contributed by atoms with van der Waals surface area (Å²) in [5.41, 5.74) is 2.55. The van der Waals surface area contributed by atoms with Crippen molar-refractivity contribution in [1.29, 1.82) is 0 Å². The van der Waals surface area contributed by atoms with E-state index in [0.717, 1.165) is 17.1 Å². The Morgan fingerprint density at radius 3 is 2.84 bits per heavy atom. The molecule has 0 radical (unpaired) electrons. The molecule has 3 aromatic rings. The number of imidazole rings is 1. The Kier molecular flexibility index (Phi) is 6.85. The standard InChI is InChI=1S/C22H27N7O2/c1-31-12-11-28-10-9-26-21-20(22(28)30)29(16-17-5-3-2-4-6-17)19(27-21)15-24-14-18-13-23-7-8-25-18/h2-8,13,24,26H,9-12,14-16H2,1H3. The highest BCUT2D eigenvalue weighted by Gasteiger charge is 2.29. The Hall–Kier alpha value is -3.30. The van der Waals surface area contributed by atoms with Crippen LogP contribution in [-0.2, 0) is 24.4 Å². The molecule has 31 heavy (non-hydrogen) atoms. The van der Waals surface area contributed by atoms with Crippen molar-refractivity contribution in [2.75, 3.05) is 38.7 Å². The molecule has 2 N–H and O–H groups in total. The van der Waals surface area contributed by atoms with Crippen molar-refractivity contribution >= 4 is 11.7 Å². The van der Waals surface area contributed by atoms with Gasteiger partial charge in [-0.25, -0.2) is 4.98 Å². The SMILES string of the molecule is COCCN1CCNc2nc(CNCc3cnccn3)n(Cc3ccccc3)c2C1=O. The van der Waals surface area contributed by atoms with Gasteiger partial charge in [-0.2, -0.15) is 0 Å². The molecule has 4 rings (SSSR count). The van der Waals surface area contributed by atoms with Gasteiger partial charge in [0.2, 0.25) is 0 Å². The molecule has 0 atom stereocenters. The van der Waals surface area contributed by atoms with Crippen LogP contribution in [0.1, 0.15) is 27.6 Å². The Bertz CT molecular complexity index is 992. The van der Waals surface area contributed by atoms with Gasteiger partial charge in [0.25, 0.3) is 5.91 Å². The van der Waals surface area contributed by atoms with Gasteiger partial charge in [0, 0.05) is 58.4 Å². The molecule has 0 saturated carbocycles. The summed E-state index contributed by atoms with van der Waals surface area (Å²) in [4.78, 5) is 28.4. The fourth-order valence-electron chi connectivity index (χ4n) is 3.61. The summed E-state index contributed by atoms with van der Waals surface area (Å²) in [6, 6.07) is 10.1. The summed E-state index contributed by atoms with van der Waals surface area (Å²) in [6.07, 6.45) is 5.06. The Balaban J connectivity index is 1.61. The molecular formula is C22H27N7O2. The second-order valence-corrected chi connectivity index (χ2v) is 7.31. The first-order chi connectivity index (χ1) is 15.3. The van der Waals surface area contributed by atoms with Crippen LogP contribution < -0.4 is 10.6 Å². The zero-order chi connectivity index (χ0) is 21.5. The first kappa shape index (κ1) is 21.0. The molecule has 0 fully saturated rings.